The minimum absolute atomic E-state index is 0.297. The summed E-state index contributed by atoms with van der Waals surface area (Å²) in [4.78, 5) is 24.1. The van der Waals surface area contributed by atoms with Crippen LogP contribution in [0.25, 0.3) is 11.0 Å². The second-order valence-electron chi connectivity index (χ2n) is 5.98. The van der Waals surface area contributed by atoms with E-state index in [-0.39, 0.29) is 5.91 Å². The number of amides is 1. The molecule has 0 bridgehead atoms. The third-order valence-electron chi connectivity index (χ3n) is 3.94. The van der Waals surface area contributed by atoms with Gasteiger partial charge in [-0.1, -0.05) is 17.7 Å². The number of hydrogen-bond donors (Lipinski definition) is 2. The van der Waals surface area contributed by atoms with Crippen molar-refractivity contribution in [3.63, 3.8) is 0 Å². The predicted molar refractivity (Wildman–Crippen MR) is 105 cm³/mol. The summed E-state index contributed by atoms with van der Waals surface area (Å²) in [6.07, 6.45) is 3.27. The largest absolute Gasteiger partial charge is 0.456 e. The van der Waals surface area contributed by atoms with Gasteiger partial charge in [0.1, 0.15) is 11.5 Å². The molecule has 2 aromatic heterocycles. The van der Waals surface area contributed by atoms with Crippen LogP contribution in [0.4, 0.5) is 5.95 Å². The summed E-state index contributed by atoms with van der Waals surface area (Å²) in [5.41, 5.74) is 2.92. The molecule has 0 unspecified atom stereocenters. The lowest BCUT2D eigenvalue weighted by Crippen LogP contribution is -2.12. The first-order valence-corrected chi connectivity index (χ1v) is 8.61. The summed E-state index contributed by atoms with van der Waals surface area (Å²) in [7, 11) is 0. The lowest BCUT2D eigenvalue weighted by molar-refractivity contribution is 0.102. The Morgan fingerprint density at radius 1 is 1.15 bits per heavy atom. The number of anilines is 1. The monoisotopic (exact) mass is 378 g/mol. The number of ether oxygens (including phenoxy) is 1. The first kappa shape index (κ1) is 17.1. The minimum atomic E-state index is -0.297. The van der Waals surface area contributed by atoms with Crippen molar-refractivity contribution in [1.82, 2.24) is 15.0 Å². The highest BCUT2D eigenvalue weighted by Gasteiger charge is 2.12. The van der Waals surface area contributed by atoms with E-state index >= 15 is 0 Å². The topological polar surface area (TPSA) is 79.9 Å². The van der Waals surface area contributed by atoms with E-state index in [0.29, 0.717) is 28.0 Å². The van der Waals surface area contributed by atoms with Crippen LogP contribution >= 0.6 is 11.6 Å². The minimum Gasteiger partial charge on any atom is -0.456 e. The highest BCUT2D eigenvalue weighted by atomic mass is 35.5. The van der Waals surface area contributed by atoms with E-state index in [4.69, 9.17) is 16.3 Å². The number of rotatable bonds is 4. The van der Waals surface area contributed by atoms with Gasteiger partial charge in [-0.25, -0.2) is 4.98 Å². The second-order valence-corrected chi connectivity index (χ2v) is 6.41. The van der Waals surface area contributed by atoms with Crippen molar-refractivity contribution >= 4 is 34.5 Å². The van der Waals surface area contributed by atoms with Gasteiger partial charge in [-0.15, -0.1) is 0 Å². The molecule has 7 heteroatoms. The molecular weight excluding hydrogens is 364 g/mol. The van der Waals surface area contributed by atoms with Crippen LogP contribution in [0.1, 0.15) is 15.9 Å². The van der Waals surface area contributed by atoms with Gasteiger partial charge in [0, 0.05) is 16.8 Å². The molecule has 0 saturated carbocycles. The Bertz CT molecular complexity index is 1130. The van der Waals surface area contributed by atoms with Crippen LogP contribution in [0.5, 0.6) is 11.5 Å². The molecular formula is C20H15ClN4O2. The quantitative estimate of drug-likeness (QED) is 0.525. The van der Waals surface area contributed by atoms with Gasteiger partial charge in [0.15, 0.2) is 0 Å². The normalized spacial score (nSPS) is 10.7. The molecule has 4 rings (SSSR count). The maximum Gasteiger partial charge on any atom is 0.258 e. The van der Waals surface area contributed by atoms with Crippen LogP contribution in [0, 0.1) is 6.92 Å². The zero-order valence-electron chi connectivity index (χ0n) is 14.4. The third-order valence-corrected chi connectivity index (χ3v) is 4.16. The first-order valence-electron chi connectivity index (χ1n) is 8.24. The molecule has 0 aliphatic carbocycles. The van der Waals surface area contributed by atoms with Gasteiger partial charge in [-0.3, -0.25) is 15.1 Å². The standard InChI is InChI=1S/C20H15ClN4O2/c1-12-8-14(21)10-17-18(12)24-20(23-17)25-19(26)13-4-2-5-15(9-13)27-16-6-3-7-22-11-16/h2-11H,1H3,(H2,23,24,25,26). The molecule has 0 aliphatic rings. The summed E-state index contributed by atoms with van der Waals surface area (Å²) in [6, 6.07) is 14.1. The fourth-order valence-electron chi connectivity index (χ4n) is 2.73. The van der Waals surface area contributed by atoms with E-state index in [1.54, 1.807) is 54.9 Å². The molecule has 27 heavy (non-hydrogen) atoms. The molecule has 1 amide bonds. The van der Waals surface area contributed by atoms with E-state index in [9.17, 15) is 4.79 Å². The fraction of sp³-hybridized carbons (Fsp3) is 0.0500. The molecule has 6 nitrogen and oxygen atoms in total. The van der Waals surface area contributed by atoms with Gasteiger partial charge in [-0.2, -0.15) is 0 Å². The molecule has 2 aromatic carbocycles. The average Bonchev–Trinajstić information content (AvgIpc) is 3.05. The SMILES string of the molecule is Cc1cc(Cl)cc2[nH]c(NC(=O)c3cccc(Oc4cccnc4)c3)nc12. The third kappa shape index (κ3) is 3.75. The number of imidazole rings is 1. The van der Waals surface area contributed by atoms with Gasteiger partial charge >= 0.3 is 0 Å². The molecule has 0 fully saturated rings. The van der Waals surface area contributed by atoms with Crippen LogP contribution in [0.3, 0.4) is 0 Å². The second kappa shape index (κ2) is 7.09. The van der Waals surface area contributed by atoms with Crippen LogP contribution in [-0.2, 0) is 0 Å². The highest BCUT2D eigenvalue weighted by molar-refractivity contribution is 6.31. The number of benzene rings is 2. The Hall–Kier alpha value is -3.38. The summed E-state index contributed by atoms with van der Waals surface area (Å²) < 4.78 is 5.72. The predicted octanol–water partition coefficient (Wildman–Crippen LogP) is 4.96. The number of aryl methyl sites for hydroxylation is 1. The Morgan fingerprint density at radius 3 is 2.81 bits per heavy atom. The maximum absolute atomic E-state index is 12.6. The molecule has 0 radical (unpaired) electrons. The molecule has 2 heterocycles. The van der Waals surface area contributed by atoms with Gasteiger partial charge < -0.3 is 9.72 Å². The number of pyridine rings is 1. The molecule has 0 saturated heterocycles. The summed E-state index contributed by atoms with van der Waals surface area (Å²) >= 11 is 6.07. The number of aromatic amines is 1. The number of fused-ring (bicyclic) bond motifs is 1. The van der Waals surface area contributed by atoms with Gasteiger partial charge in [0.2, 0.25) is 5.95 Å². The van der Waals surface area contributed by atoms with Crippen molar-refractivity contribution in [2.45, 2.75) is 6.92 Å². The summed E-state index contributed by atoms with van der Waals surface area (Å²) in [5.74, 6) is 1.20. The number of hydrogen-bond acceptors (Lipinski definition) is 4. The number of nitrogens with one attached hydrogen (secondary N) is 2. The molecule has 2 N–H and O–H groups in total. The average molecular weight is 379 g/mol. The smallest absolute Gasteiger partial charge is 0.258 e. The van der Waals surface area contributed by atoms with Gasteiger partial charge in [0.05, 0.1) is 17.2 Å². The van der Waals surface area contributed by atoms with Crippen molar-refractivity contribution in [2.75, 3.05) is 5.32 Å². The molecule has 134 valence electrons. The van der Waals surface area contributed by atoms with Crippen molar-refractivity contribution in [3.8, 4) is 11.5 Å². The number of nitrogens with zero attached hydrogens (tertiary/aromatic N) is 2. The molecule has 0 atom stereocenters. The zero-order chi connectivity index (χ0) is 18.8. The van der Waals surface area contributed by atoms with Crippen LogP contribution in [0.2, 0.25) is 5.02 Å². The van der Waals surface area contributed by atoms with Crippen molar-refractivity contribution in [2.24, 2.45) is 0 Å². The van der Waals surface area contributed by atoms with Crippen LogP contribution in [-0.4, -0.2) is 20.9 Å². The van der Waals surface area contributed by atoms with Crippen LogP contribution in [0.15, 0.2) is 60.9 Å². The number of carbonyl (C=O) groups excluding carboxylic acids is 1. The number of aromatic nitrogens is 3. The van der Waals surface area contributed by atoms with Crippen molar-refractivity contribution < 1.29 is 9.53 Å². The van der Waals surface area contributed by atoms with E-state index in [2.05, 4.69) is 20.3 Å². The molecule has 0 aliphatic heterocycles. The molecule has 0 spiro atoms. The van der Waals surface area contributed by atoms with E-state index < -0.39 is 0 Å². The number of halogens is 1. The summed E-state index contributed by atoms with van der Waals surface area (Å²) in [5, 5.41) is 3.38. The lowest BCUT2D eigenvalue weighted by Gasteiger charge is -2.07. The Morgan fingerprint density at radius 2 is 2.00 bits per heavy atom. The Labute approximate surface area is 160 Å². The maximum atomic E-state index is 12.6. The Kier molecular flexibility index (Phi) is 4.48. The van der Waals surface area contributed by atoms with Crippen LogP contribution < -0.4 is 10.1 Å². The van der Waals surface area contributed by atoms with Crippen molar-refractivity contribution in [3.05, 3.63) is 77.1 Å². The number of H-pyrrole nitrogens is 1. The highest BCUT2D eigenvalue weighted by Crippen LogP contribution is 2.24. The lowest BCUT2D eigenvalue weighted by atomic mass is 10.2. The Balaban J connectivity index is 1.55. The fourth-order valence-corrected chi connectivity index (χ4v) is 3.00. The van der Waals surface area contributed by atoms with Gasteiger partial charge in [0.25, 0.3) is 5.91 Å². The molecule has 4 aromatic rings. The first-order chi connectivity index (χ1) is 13.1. The summed E-state index contributed by atoms with van der Waals surface area (Å²) in [6.45, 7) is 1.92. The van der Waals surface area contributed by atoms with E-state index in [1.807, 2.05) is 13.0 Å². The van der Waals surface area contributed by atoms with E-state index in [0.717, 1.165) is 16.6 Å². The zero-order valence-corrected chi connectivity index (χ0v) is 15.1. The van der Waals surface area contributed by atoms with E-state index in [1.165, 1.54) is 0 Å². The van der Waals surface area contributed by atoms with Gasteiger partial charge in [-0.05, 0) is 55.0 Å². The number of carbonyl (C=O) groups is 1. The van der Waals surface area contributed by atoms with Crippen molar-refractivity contribution in [1.29, 1.82) is 0 Å².